The topological polar surface area (TPSA) is 52.0 Å². The van der Waals surface area contributed by atoms with E-state index in [1.54, 1.807) is 11.8 Å². The molecule has 2 aromatic carbocycles. The molecule has 4 heteroatoms. The maximum absolute atomic E-state index is 5.71. The first-order chi connectivity index (χ1) is 8.81. The minimum atomic E-state index is 0.707. The predicted octanol–water partition coefficient (Wildman–Crippen LogP) is 3.70. The van der Waals surface area contributed by atoms with E-state index >= 15 is 0 Å². The van der Waals surface area contributed by atoms with Crippen LogP contribution in [0.2, 0.25) is 0 Å². The highest BCUT2D eigenvalue weighted by molar-refractivity contribution is 7.98. The smallest absolute Gasteiger partial charge is 0.205 e. The zero-order valence-corrected chi connectivity index (χ0v) is 10.5. The minimum Gasteiger partial charge on any atom is -0.440 e. The monoisotopic (exact) mass is 256 g/mol. The van der Waals surface area contributed by atoms with Gasteiger partial charge in [0.05, 0.1) is 5.75 Å². The lowest BCUT2D eigenvalue weighted by atomic mass is 10.3. The lowest BCUT2D eigenvalue weighted by Crippen LogP contribution is -1.82. The van der Waals surface area contributed by atoms with Gasteiger partial charge in [-0.15, -0.1) is 11.8 Å². The number of aromatic nitrogens is 1. The maximum Gasteiger partial charge on any atom is 0.205 e. The summed E-state index contributed by atoms with van der Waals surface area (Å²) in [4.78, 5) is 5.63. The molecule has 3 aromatic rings. The van der Waals surface area contributed by atoms with Crippen molar-refractivity contribution in [2.75, 3.05) is 5.73 Å². The molecule has 0 bridgehead atoms. The summed E-state index contributed by atoms with van der Waals surface area (Å²) in [5.74, 6) is 1.45. The molecule has 3 rings (SSSR count). The Hall–Kier alpha value is -1.94. The molecule has 0 spiro atoms. The molecule has 0 unspecified atom stereocenters. The van der Waals surface area contributed by atoms with Gasteiger partial charge >= 0.3 is 0 Å². The maximum atomic E-state index is 5.71. The highest BCUT2D eigenvalue weighted by Crippen LogP contribution is 2.25. The highest BCUT2D eigenvalue weighted by Gasteiger charge is 2.06. The second-order valence-corrected chi connectivity index (χ2v) is 4.99. The van der Waals surface area contributed by atoms with Crippen LogP contribution in [0.4, 0.5) is 5.69 Å². The molecule has 3 nitrogen and oxygen atoms in total. The number of thioether (sulfide) groups is 1. The number of hydrogen-bond donors (Lipinski definition) is 1. The SMILES string of the molecule is Nc1ccc2oc(CSc3ccccc3)nc2c1. The average Bonchev–Trinajstić information content (AvgIpc) is 2.79. The third kappa shape index (κ3) is 2.33. The molecule has 0 aliphatic heterocycles. The first-order valence-corrected chi connectivity index (χ1v) is 6.62. The van der Waals surface area contributed by atoms with Crippen LogP contribution >= 0.6 is 11.8 Å². The van der Waals surface area contributed by atoms with Gasteiger partial charge in [0.25, 0.3) is 0 Å². The summed E-state index contributed by atoms with van der Waals surface area (Å²) in [5.41, 5.74) is 8.02. The second-order valence-electron chi connectivity index (χ2n) is 3.94. The van der Waals surface area contributed by atoms with Crippen molar-refractivity contribution in [3.8, 4) is 0 Å². The van der Waals surface area contributed by atoms with Gasteiger partial charge in [-0.2, -0.15) is 0 Å². The number of nitrogen functional groups attached to an aromatic ring is 1. The van der Waals surface area contributed by atoms with Gasteiger partial charge in [-0.05, 0) is 30.3 Å². The molecule has 2 N–H and O–H groups in total. The van der Waals surface area contributed by atoms with E-state index in [9.17, 15) is 0 Å². The van der Waals surface area contributed by atoms with Gasteiger partial charge in [0.1, 0.15) is 5.52 Å². The number of nitrogens with zero attached hydrogens (tertiary/aromatic N) is 1. The first kappa shape index (κ1) is 11.2. The van der Waals surface area contributed by atoms with Crippen LogP contribution in [-0.4, -0.2) is 4.98 Å². The Balaban J connectivity index is 1.79. The fraction of sp³-hybridized carbons (Fsp3) is 0.0714. The molecule has 0 atom stereocenters. The molecule has 0 aliphatic rings. The summed E-state index contributed by atoms with van der Waals surface area (Å²) in [6.07, 6.45) is 0. The summed E-state index contributed by atoms with van der Waals surface area (Å²) in [6.45, 7) is 0. The zero-order chi connectivity index (χ0) is 12.4. The molecular formula is C14H12N2OS. The van der Waals surface area contributed by atoms with Crippen molar-refractivity contribution in [3.05, 3.63) is 54.4 Å². The van der Waals surface area contributed by atoms with Crippen molar-refractivity contribution in [2.45, 2.75) is 10.6 Å². The zero-order valence-electron chi connectivity index (χ0n) is 9.67. The van der Waals surface area contributed by atoms with Crippen molar-refractivity contribution in [1.29, 1.82) is 0 Å². The van der Waals surface area contributed by atoms with Crippen molar-refractivity contribution >= 4 is 28.5 Å². The van der Waals surface area contributed by atoms with Crippen molar-refractivity contribution in [1.82, 2.24) is 4.98 Å². The van der Waals surface area contributed by atoms with Gasteiger partial charge in [-0.3, -0.25) is 0 Å². The van der Waals surface area contributed by atoms with Crippen LogP contribution in [0.15, 0.2) is 57.8 Å². The van der Waals surface area contributed by atoms with E-state index < -0.39 is 0 Å². The summed E-state index contributed by atoms with van der Waals surface area (Å²) in [5, 5.41) is 0. The van der Waals surface area contributed by atoms with E-state index in [1.807, 2.05) is 36.4 Å². The summed E-state index contributed by atoms with van der Waals surface area (Å²) in [7, 11) is 0. The molecular weight excluding hydrogens is 244 g/mol. The molecule has 1 heterocycles. The van der Waals surface area contributed by atoms with E-state index in [-0.39, 0.29) is 0 Å². The highest BCUT2D eigenvalue weighted by atomic mass is 32.2. The predicted molar refractivity (Wildman–Crippen MR) is 74.4 cm³/mol. The molecule has 1 aromatic heterocycles. The number of fused-ring (bicyclic) bond motifs is 1. The van der Waals surface area contributed by atoms with Gasteiger partial charge in [-0.1, -0.05) is 18.2 Å². The molecule has 0 fully saturated rings. The van der Waals surface area contributed by atoms with Gasteiger partial charge in [-0.25, -0.2) is 4.98 Å². The van der Waals surface area contributed by atoms with E-state index in [2.05, 4.69) is 17.1 Å². The summed E-state index contributed by atoms with van der Waals surface area (Å²) >= 11 is 1.71. The third-order valence-corrected chi connectivity index (χ3v) is 3.56. The lowest BCUT2D eigenvalue weighted by molar-refractivity contribution is 0.556. The van der Waals surface area contributed by atoms with Crippen molar-refractivity contribution < 1.29 is 4.42 Å². The van der Waals surface area contributed by atoms with E-state index in [0.29, 0.717) is 5.69 Å². The third-order valence-electron chi connectivity index (χ3n) is 2.56. The van der Waals surface area contributed by atoms with Crippen LogP contribution in [0.1, 0.15) is 5.89 Å². The normalized spacial score (nSPS) is 10.9. The largest absolute Gasteiger partial charge is 0.440 e. The number of hydrogen-bond acceptors (Lipinski definition) is 4. The first-order valence-electron chi connectivity index (χ1n) is 5.64. The number of anilines is 1. The number of benzene rings is 2. The number of oxazole rings is 1. The Kier molecular flexibility index (Phi) is 2.94. The van der Waals surface area contributed by atoms with Crippen LogP contribution in [0, 0.1) is 0 Å². The summed E-state index contributed by atoms with van der Waals surface area (Å²) in [6, 6.07) is 15.7. The molecule has 0 amide bonds. The molecule has 0 saturated heterocycles. The fourth-order valence-electron chi connectivity index (χ4n) is 1.72. The Morgan fingerprint density at radius 1 is 1.11 bits per heavy atom. The van der Waals surface area contributed by atoms with E-state index in [1.165, 1.54) is 4.90 Å². The molecule has 0 radical (unpaired) electrons. The van der Waals surface area contributed by atoms with Crippen molar-refractivity contribution in [2.24, 2.45) is 0 Å². The fourth-order valence-corrected chi connectivity index (χ4v) is 2.48. The second kappa shape index (κ2) is 4.74. The average molecular weight is 256 g/mol. The van der Waals surface area contributed by atoms with Gasteiger partial charge in [0.2, 0.25) is 5.89 Å². The Morgan fingerprint density at radius 2 is 1.94 bits per heavy atom. The molecule has 0 saturated carbocycles. The van der Waals surface area contributed by atoms with E-state index in [0.717, 1.165) is 22.7 Å². The molecule has 0 aliphatic carbocycles. The molecule has 90 valence electrons. The number of nitrogens with two attached hydrogens (primary N) is 1. The quantitative estimate of drug-likeness (QED) is 0.573. The van der Waals surface area contributed by atoms with Crippen molar-refractivity contribution in [3.63, 3.8) is 0 Å². The van der Waals surface area contributed by atoms with Gasteiger partial charge in [0, 0.05) is 10.6 Å². The van der Waals surface area contributed by atoms with Crippen LogP contribution in [0.25, 0.3) is 11.1 Å². The molecule has 18 heavy (non-hydrogen) atoms. The van der Waals surface area contributed by atoms with Crippen LogP contribution < -0.4 is 5.73 Å². The standard InChI is InChI=1S/C14H12N2OS/c15-10-6-7-13-12(8-10)16-14(17-13)9-18-11-4-2-1-3-5-11/h1-8H,9,15H2. The minimum absolute atomic E-state index is 0.707. The Bertz CT molecular complexity index is 664. The van der Waals surface area contributed by atoms with Gasteiger partial charge in [0.15, 0.2) is 5.58 Å². The Labute approximate surface area is 109 Å². The summed E-state index contributed by atoms with van der Waals surface area (Å²) < 4.78 is 5.66. The van der Waals surface area contributed by atoms with Crippen LogP contribution in [-0.2, 0) is 5.75 Å². The van der Waals surface area contributed by atoms with Crippen LogP contribution in [0.3, 0.4) is 0 Å². The van der Waals surface area contributed by atoms with Crippen LogP contribution in [0.5, 0.6) is 0 Å². The Morgan fingerprint density at radius 3 is 2.78 bits per heavy atom. The van der Waals surface area contributed by atoms with Gasteiger partial charge < -0.3 is 10.2 Å². The van der Waals surface area contributed by atoms with E-state index in [4.69, 9.17) is 10.2 Å². The lowest BCUT2D eigenvalue weighted by Gasteiger charge is -1.96. The number of rotatable bonds is 3.